The first-order valence-electron chi connectivity index (χ1n) is 9.52. The number of likely N-dealkylation sites (N-methyl/N-ethyl adjacent to an activating group) is 1. The lowest BCUT2D eigenvalue weighted by atomic mass is 9.79. The van der Waals surface area contributed by atoms with E-state index in [4.69, 9.17) is 9.47 Å². The summed E-state index contributed by atoms with van der Waals surface area (Å²) >= 11 is 1.42. The number of hydrogen-bond acceptors (Lipinski definition) is 6. The molecule has 2 aromatic carbocycles. The van der Waals surface area contributed by atoms with Crippen LogP contribution in [0.2, 0.25) is 0 Å². The van der Waals surface area contributed by atoms with E-state index in [1.165, 1.54) is 11.3 Å². The Balaban J connectivity index is 1.61. The average Bonchev–Trinajstić information content (AvgIpc) is 3.38. The molecule has 152 valence electrons. The van der Waals surface area contributed by atoms with Gasteiger partial charge in [0.2, 0.25) is 12.7 Å². The largest absolute Gasteiger partial charge is 0.454 e. The smallest absolute Gasteiger partial charge is 0.254 e. The highest BCUT2D eigenvalue weighted by atomic mass is 32.1. The Morgan fingerprint density at radius 2 is 2.00 bits per heavy atom. The van der Waals surface area contributed by atoms with Crippen molar-refractivity contribution in [1.82, 2.24) is 9.88 Å². The van der Waals surface area contributed by atoms with E-state index in [0.29, 0.717) is 27.8 Å². The molecule has 2 amide bonds. The molecule has 0 fully saturated rings. The lowest BCUT2D eigenvalue weighted by Crippen LogP contribution is -2.44. The molecule has 7 nitrogen and oxygen atoms in total. The van der Waals surface area contributed by atoms with E-state index in [1.807, 2.05) is 43.3 Å². The number of carbonyl (C=O) groups is 2. The molecule has 0 radical (unpaired) electrons. The van der Waals surface area contributed by atoms with Crippen molar-refractivity contribution in [2.75, 3.05) is 19.2 Å². The monoisotopic (exact) mass is 421 g/mol. The molecule has 30 heavy (non-hydrogen) atoms. The number of hydrogen-bond donors (Lipinski definition) is 1. The highest BCUT2D eigenvalue weighted by Crippen LogP contribution is 2.45. The highest BCUT2D eigenvalue weighted by molar-refractivity contribution is 7.15. The molecule has 3 aromatic rings. The first-order chi connectivity index (χ1) is 14.5. The van der Waals surface area contributed by atoms with Crippen molar-refractivity contribution in [3.05, 3.63) is 70.2 Å². The van der Waals surface area contributed by atoms with Crippen LogP contribution in [0.15, 0.2) is 48.7 Å². The Morgan fingerprint density at radius 3 is 2.80 bits per heavy atom. The van der Waals surface area contributed by atoms with Crippen LogP contribution in [0.4, 0.5) is 5.13 Å². The van der Waals surface area contributed by atoms with Gasteiger partial charge in [-0.05, 0) is 36.2 Å². The molecule has 0 spiro atoms. The minimum absolute atomic E-state index is 0.123. The first-order valence-corrected chi connectivity index (χ1v) is 10.3. The highest BCUT2D eigenvalue weighted by Gasteiger charge is 2.43. The third-order valence-electron chi connectivity index (χ3n) is 5.45. The van der Waals surface area contributed by atoms with Gasteiger partial charge in [-0.25, -0.2) is 4.98 Å². The summed E-state index contributed by atoms with van der Waals surface area (Å²) < 4.78 is 10.9. The van der Waals surface area contributed by atoms with Gasteiger partial charge in [-0.2, -0.15) is 0 Å². The number of nitrogens with one attached hydrogen (secondary N) is 1. The number of benzene rings is 2. The van der Waals surface area contributed by atoms with E-state index in [1.54, 1.807) is 24.2 Å². The quantitative estimate of drug-likeness (QED) is 0.697. The van der Waals surface area contributed by atoms with E-state index < -0.39 is 12.0 Å². The van der Waals surface area contributed by atoms with Gasteiger partial charge in [0.25, 0.3) is 5.91 Å². The third kappa shape index (κ3) is 3.00. The summed E-state index contributed by atoms with van der Waals surface area (Å²) in [6, 6.07) is 12.3. The predicted octanol–water partition coefficient (Wildman–Crippen LogP) is 3.73. The van der Waals surface area contributed by atoms with Gasteiger partial charge in [0.15, 0.2) is 16.6 Å². The maximum Gasteiger partial charge on any atom is 0.254 e. The van der Waals surface area contributed by atoms with Crippen LogP contribution in [0, 0.1) is 6.92 Å². The molecule has 0 aliphatic carbocycles. The Labute approximate surface area is 177 Å². The van der Waals surface area contributed by atoms with Crippen LogP contribution >= 0.6 is 11.3 Å². The fourth-order valence-electron chi connectivity index (χ4n) is 4.07. The lowest BCUT2D eigenvalue weighted by molar-refractivity contribution is -0.119. The number of aromatic nitrogens is 1. The maximum absolute atomic E-state index is 13.5. The van der Waals surface area contributed by atoms with Crippen LogP contribution in [0.1, 0.15) is 38.3 Å². The standard InChI is InChI=1S/C22H19N3O4S/c1-12-10-23-22(30-12)24-20(26)18-14-5-3-4-6-15(14)21(27)25(2)19(18)13-7-8-16-17(9-13)29-11-28-16/h3-10,18-19H,11H2,1-2H3,(H,23,24,26). The zero-order chi connectivity index (χ0) is 20.8. The van der Waals surface area contributed by atoms with E-state index in [2.05, 4.69) is 10.3 Å². The number of nitrogens with zero attached hydrogens (tertiary/aromatic N) is 2. The van der Waals surface area contributed by atoms with Crippen molar-refractivity contribution in [2.45, 2.75) is 18.9 Å². The third-order valence-corrected chi connectivity index (χ3v) is 6.28. The van der Waals surface area contributed by atoms with Crippen LogP contribution < -0.4 is 14.8 Å². The van der Waals surface area contributed by atoms with Crippen LogP contribution in [0.3, 0.4) is 0 Å². The molecule has 1 aromatic heterocycles. The molecule has 2 aliphatic heterocycles. The Morgan fingerprint density at radius 1 is 1.20 bits per heavy atom. The number of anilines is 1. The summed E-state index contributed by atoms with van der Waals surface area (Å²) in [6.45, 7) is 2.10. The number of amides is 2. The van der Waals surface area contributed by atoms with Crippen molar-refractivity contribution in [2.24, 2.45) is 0 Å². The number of rotatable bonds is 3. The Kier molecular flexibility index (Phi) is 4.43. The van der Waals surface area contributed by atoms with Gasteiger partial charge in [-0.3, -0.25) is 9.59 Å². The fourth-order valence-corrected chi connectivity index (χ4v) is 4.73. The first kappa shape index (κ1) is 18.6. The summed E-state index contributed by atoms with van der Waals surface area (Å²) in [5.74, 6) is 0.333. The van der Waals surface area contributed by atoms with Crippen LogP contribution in [0.5, 0.6) is 11.5 Å². The van der Waals surface area contributed by atoms with Crippen LogP contribution in [-0.4, -0.2) is 35.5 Å². The molecule has 0 bridgehead atoms. The summed E-state index contributed by atoms with van der Waals surface area (Å²) in [5, 5.41) is 3.48. The Hall–Kier alpha value is -3.39. The summed E-state index contributed by atoms with van der Waals surface area (Å²) in [7, 11) is 1.72. The number of thiazole rings is 1. The normalized spacial score (nSPS) is 19.5. The summed E-state index contributed by atoms with van der Waals surface area (Å²) in [5.41, 5.74) is 2.04. The average molecular weight is 421 g/mol. The summed E-state index contributed by atoms with van der Waals surface area (Å²) in [4.78, 5) is 33.4. The van der Waals surface area contributed by atoms with Gasteiger partial charge in [-0.1, -0.05) is 24.3 Å². The SMILES string of the molecule is Cc1cnc(NC(=O)C2c3ccccc3C(=O)N(C)C2c2ccc3c(c2)OCO3)s1. The van der Waals surface area contributed by atoms with Crippen molar-refractivity contribution in [3.63, 3.8) is 0 Å². The minimum Gasteiger partial charge on any atom is -0.454 e. The molecule has 0 saturated heterocycles. The lowest BCUT2D eigenvalue weighted by Gasteiger charge is -2.39. The molecule has 2 aliphatic rings. The molecule has 5 rings (SSSR count). The topological polar surface area (TPSA) is 80.8 Å². The maximum atomic E-state index is 13.5. The van der Waals surface area contributed by atoms with Gasteiger partial charge < -0.3 is 19.7 Å². The molecule has 2 unspecified atom stereocenters. The fraction of sp³-hybridized carbons (Fsp3) is 0.227. The predicted molar refractivity (Wildman–Crippen MR) is 112 cm³/mol. The Bertz CT molecular complexity index is 1160. The van der Waals surface area contributed by atoms with Crippen LogP contribution in [0.25, 0.3) is 0 Å². The second-order valence-electron chi connectivity index (χ2n) is 7.30. The number of ether oxygens (including phenoxy) is 2. The van der Waals surface area contributed by atoms with E-state index in [-0.39, 0.29) is 18.6 Å². The van der Waals surface area contributed by atoms with Gasteiger partial charge in [0, 0.05) is 23.7 Å². The molecule has 8 heteroatoms. The van der Waals surface area contributed by atoms with E-state index in [0.717, 1.165) is 10.4 Å². The van der Waals surface area contributed by atoms with Crippen molar-refractivity contribution < 1.29 is 19.1 Å². The molecule has 1 N–H and O–H groups in total. The van der Waals surface area contributed by atoms with E-state index >= 15 is 0 Å². The van der Waals surface area contributed by atoms with Gasteiger partial charge in [0.05, 0.1) is 12.0 Å². The van der Waals surface area contributed by atoms with E-state index in [9.17, 15) is 9.59 Å². The second kappa shape index (κ2) is 7.14. The van der Waals surface area contributed by atoms with Crippen molar-refractivity contribution >= 4 is 28.3 Å². The zero-order valence-corrected chi connectivity index (χ0v) is 17.2. The zero-order valence-electron chi connectivity index (χ0n) is 16.4. The molecule has 3 heterocycles. The van der Waals surface area contributed by atoms with Gasteiger partial charge in [0.1, 0.15) is 0 Å². The molecule has 2 atom stereocenters. The number of carbonyl (C=O) groups excluding carboxylic acids is 2. The molecular formula is C22H19N3O4S. The van der Waals surface area contributed by atoms with Gasteiger partial charge >= 0.3 is 0 Å². The van der Waals surface area contributed by atoms with Crippen molar-refractivity contribution in [3.8, 4) is 11.5 Å². The van der Waals surface area contributed by atoms with Gasteiger partial charge in [-0.15, -0.1) is 11.3 Å². The van der Waals surface area contributed by atoms with Crippen molar-refractivity contribution in [1.29, 1.82) is 0 Å². The minimum atomic E-state index is -0.603. The number of aryl methyl sites for hydroxylation is 1. The summed E-state index contributed by atoms with van der Waals surface area (Å²) in [6.07, 6.45) is 1.72. The molecular weight excluding hydrogens is 402 g/mol. The second-order valence-corrected chi connectivity index (χ2v) is 8.54. The molecule has 0 saturated carbocycles. The number of fused-ring (bicyclic) bond motifs is 2. The van der Waals surface area contributed by atoms with Crippen LogP contribution in [-0.2, 0) is 4.79 Å².